The summed E-state index contributed by atoms with van der Waals surface area (Å²) in [6.45, 7) is 1.29. The van der Waals surface area contributed by atoms with Gasteiger partial charge in [0.25, 0.3) is 0 Å². The molecule has 0 spiro atoms. The van der Waals surface area contributed by atoms with Crippen LogP contribution < -0.4 is 16.4 Å². The lowest BCUT2D eigenvalue weighted by atomic mass is 10.1. The summed E-state index contributed by atoms with van der Waals surface area (Å²) in [6, 6.07) is 0.128. The van der Waals surface area contributed by atoms with Crippen molar-refractivity contribution < 1.29 is 9.59 Å². The van der Waals surface area contributed by atoms with Gasteiger partial charge in [-0.05, 0) is 25.8 Å². The van der Waals surface area contributed by atoms with Crippen LogP contribution in [0.25, 0.3) is 0 Å². The molecule has 0 aromatic carbocycles. The molecule has 0 aromatic rings. The molecule has 1 rings (SSSR count). The van der Waals surface area contributed by atoms with Gasteiger partial charge in [0.15, 0.2) is 0 Å². The van der Waals surface area contributed by atoms with E-state index in [1.165, 1.54) is 0 Å². The Bertz CT molecular complexity index is 256. The van der Waals surface area contributed by atoms with Crippen molar-refractivity contribution in [1.82, 2.24) is 10.6 Å². The largest absolute Gasteiger partial charge is 0.354 e. The second kappa shape index (κ2) is 8.06. The van der Waals surface area contributed by atoms with Crippen molar-refractivity contribution in [2.24, 2.45) is 5.73 Å². The molecule has 1 aliphatic rings. The minimum absolute atomic E-state index is 0.0823. The molecule has 0 saturated carbocycles. The molecule has 0 aromatic heterocycles. The SMILES string of the molecule is NCCCCCCC(=O)NCC1CCC(=O)N1. The summed E-state index contributed by atoms with van der Waals surface area (Å²) in [5.41, 5.74) is 5.39. The van der Waals surface area contributed by atoms with E-state index in [0.717, 1.165) is 38.6 Å². The van der Waals surface area contributed by atoms with Crippen LogP contribution in [0.5, 0.6) is 0 Å². The number of amides is 2. The number of rotatable bonds is 8. The third kappa shape index (κ3) is 6.26. The first kappa shape index (κ1) is 14.0. The highest BCUT2D eigenvalue weighted by Gasteiger charge is 2.20. The van der Waals surface area contributed by atoms with Crippen LogP contribution in [0, 0.1) is 0 Å². The minimum atomic E-state index is 0.0823. The number of unbranched alkanes of at least 4 members (excludes halogenated alkanes) is 3. The molecular formula is C12H23N3O2. The van der Waals surface area contributed by atoms with Gasteiger partial charge in [-0.25, -0.2) is 0 Å². The van der Waals surface area contributed by atoms with E-state index in [1.807, 2.05) is 0 Å². The van der Waals surface area contributed by atoms with Gasteiger partial charge in [0.1, 0.15) is 0 Å². The van der Waals surface area contributed by atoms with Gasteiger partial charge < -0.3 is 16.4 Å². The van der Waals surface area contributed by atoms with Gasteiger partial charge in [-0.3, -0.25) is 9.59 Å². The molecule has 1 heterocycles. The van der Waals surface area contributed by atoms with E-state index in [-0.39, 0.29) is 17.9 Å². The van der Waals surface area contributed by atoms with Crippen molar-refractivity contribution in [2.75, 3.05) is 13.1 Å². The first-order chi connectivity index (χ1) is 8.22. The Balaban J connectivity index is 1.96. The summed E-state index contributed by atoms with van der Waals surface area (Å²) in [5.74, 6) is 0.171. The van der Waals surface area contributed by atoms with Crippen LogP contribution in [0.15, 0.2) is 0 Å². The molecule has 1 aliphatic heterocycles. The molecule has 5 heteroatoms. The maximum atomic E-state index is 11.5. The number of carbonyl (C=O) groups excluding carboxylic acids is 2. The molecule has 5 nitrogen and oxygen atoms in total. The van der Waals surface area contributed by atoms with Gasteiger partial charge in [-0.15, -0.1) is 0 Å². The standard InChI is InChI=1S/C12H23N3O2/c13-8-4-2-1-3-5-11(16)14-9-10-6-7-12(17)15-10/h10H,1-9,13H2,(H,14,16)(H,15,17). The minimum Gasteiger partial charge on any atom is -0.354 e. The second-order valence-corrected chi connectivity index (χ2v) is 4.56. The molecule has 0 aliphatic carbocycles. The predicted molar refractivity (Wildman–Crippen MR) is 66.3 cm³/mol. The molecule has 1 fully saturated rings. The smallest absolute Gasteiger partial charge is 0.220 e. The average Bonchev–Trinajstić information content (AvgIpc) is 2.72. The van der Waals surface area contributed by atoms with E-state index in [2.05, 4.69) is 10.6 Å². The van der Waals surface area contributed by atoms with E-state index in [4.69, 9.17) is 5.73 Å². The molecule has 2 amide bonds. The van der Waals surface area contributed by atoms with Crippen LogP contribution in [-0.2, 0) is 9.59 Å². The van der Waals surface area contributed by atoms with Crippen molar-refractivity contribution in [3.8, 4) is 0 Å². The van der Waals surface area contributed by atoms with Gasteiger partial charge in [0.05, 0.1) is 0 Å². The number of carbonyl (C=O) groups is 2. The first-order valence-electron chi connectivity index (χ1n) is 6.48. The Hall–Kier alpha value is -1.10. The topological polar surface area (TPSA) is 84.2 Å². The van der Waals surface area contributed by atoms with Gasteiger partial charge in [0, 0.05) is 25.4 Å². The van der Waals surface area contributed by atoms with E-state index in [0.29, 0.717) is 19.4 Å². The Morgan fingerprint density at radius 2 is 2.12 bits per heavy atom. The Morgan fingerprint density at radius 1 is 1.35 bits per heavy atom. The van der Waals surface area contributed by atoms with E-state index < -0.39 is 0 Å². The molecule has 17 heavy (non-hydrogen) atoms. The third-order valence-corrected chi connectivity index (χ3v) is 2.99. The molecule has 0 radical (unpaired) electrons. The predicted octanol–water partition coefficient (Wildman–Crippen LogP) is 0.290. The summed E-state index contributed by atoms with van der Waals surface area (Å²) in [4.78, 5) is 22.4. The van der Waals surface area contributed by atoms with E-state index in [1.54, 1.807) is 0 Å². The first-order valence-corrected chi connectivity index (χ1v) is 6.48. The van der Waals surface area contributed by atoms with Gasteiger partial charge in [-0.1, -0.05) is 12.8 Å². The van der Waals surface area contributed by atoms with Gasteiger partial charge in [0.2, 0.25) is 11.8 Å². The number of nitrogens with two attached hydrogens (primary N) is 1. The highest BCUT2D eigenvalue weighted by molar-refractivity contribution is 5.79. The maximum absolute atomic E-state index is 11.5. The number of hydrogen-bond donors (Lipinski definition) is 3. The zero-order valence-corrected chi connectivity index (χ0v) is 10.3. The number of nitrogens with one attached hydrogen (secondary N) is 2. The van der Waals surface area contributed by atoms with Crippen molar-refractivity contribution in [3.05, 3.63) is 0 Å². The molecule has 1 atom stereocenters. The normalized spacial score (nSPS) is 19.1. The molecule has 0 bridgehead atoms. The van der Waals surface area contributed by atoms with E-state index >= 15 is 0 Å². The fourth-order valence-corrected chi connectivity index (χ4v) is 1.94. The molecule has 1 unspecified atom stereocenters. The lowest BCUT2D eigenvalue weighted by Crippen LogP contribution is -2.38. The van der Waals surface area contributed by atoms with Crippen molar-refractivity contribution in [1.29, 1.82) is 0 Å². The van der Waals surface area contributed by atoms with Crippen LogP contribution in [0.2, 0.25) is 0 Å². The lowest BCUT2D eigenvalue weighted by molar-refractivity contribution is -0.122. The van der Waals surface area contributed by atoms with Crippen LogP contribution in [-0.4, -0.2) is 30.9 Å². The van der Waals surface area contributed by atoms with Crippen molar-refractivity contribution >= 4 is 11.8 Å². The van der Waals surface area contributed by atoms with Crippen LogP contribution >= 0.6 is 0 Å². The lowest BCUT2D eigenvalue weighted by Gasteiger charge is -2.11. The zero-order valence-electron chi connectivity index (χ0n) is 10.3. The second-order valence-electron chi connectivity index (χ2n) is 4.56. The van der Waals surface area contributed by atoms with E-state index in [9.17, 15) is 9.59 Å². The Kier molecular flexibility index (Phi) is 6.62. The van der Waals surface area contributed by atoms with Crippen LogP contribution in [0.1, 0.15) is 44.9 Å². The Morgan fingerprint density at radius 3 is 2.76 bits per heavy atom. The molecule has 4 N–H and O–H groups in total. The van der Waals surface area contributed by atoms with Gasteiger partial charge >= 0.3 is 0 Å². The summed E-state index contributed by atoms with van der Waals surface area (Å²) in [7, 11) is 0. The van der Waals surface area contributed by atoms with Crippen LogP contribution in [0.4, 0.5) is 0 Å². The summed E-state index contributed by atoms with van der Waals surface area (Å²) >= 11 is 0. The van der Waals surface area contributed by atoms with Crippen molar-refractivity contribution in [3.63, 3.8) is 0 Å². The van der Waals surface area contributed by atoms with Crippen molar-refractivity contribution in [2.45, 2.75) is 51.0 Å². The summed E-state index contributed by atoms with van der Waals surface area (Å²) in [6.07, 6.45) is 6.10. The van der Waals surface area contributed by atoms with Gasteiger partial charge in [-0.2, -0.15) is 0 Å². The fourth-order valence-electron chi connectivity index (χ4n) is 1.94. The third-order valence-electron chi connectivity index (χ3n) is 2.99. The highest BCUT2D eigenvalue weighted by atomic mass is 16.2. The molecule has 98 valence electrons. The highest BCUT2D eigenvalue weighted by Crippen LogP contribution is 2.05. The monoisotopic (exact) mass is 241 g/mol. The average molecular weight is 241 g/mol. The summed E-state index contributed by atoms with van der Waals surface area (Å²) in [5, 5.41) is 5.68. The number of hydrogen-bond acceptors (Lipinski definition) is 3. The van der Waals surface area contributed by atoms with Crippen LogP contribution in [0.3, 0.4) is 0 Å². The maximum Gasteiger partial charge on any atom is 0.220 e. The fraction of sp³-hybridized carbons (Fsp3) is 0.833. The molecule has 1 saturated heterocycles. The summed E-state index contributed by atoms with van der Waals surface area (Å²) < 4.78 is 0. The quantitative estimate of drug-likeness (QED) is 0.534. The zero-order chi connectivity index (χ0) is 12.5. The molecular weight excluding hydrogens is 218 g/mol. The Labute approximate surface area is 103 Å².